The number of nitrogens with zero attached hydrogens (tertiary/aromatic N) is 2. The van der Waals surface area contributed by atoms with Gasteiger partial charge in [-0.15, -0.1) is 0 Å². The van der Waals surface area contributed by atoms with Crippen molar-refractivity contribution in [3.63, 3.8) is 0 Å². The SMILES string of the molecule is C[C@@H]1CN2C[C@H](O)C[C@H]2CN1Cc1ccc(-c2ccc(F)c(Cl)c2)o1. The van der Waals surface area contributed by atoms with Gasteiger partial charge in [0.05, 0.1) is 17.7 Å². The van der Waals surface area contributed by atoms with E-state index in [0.717, 1.165) is 43.9 Å². The Hall–Kier alpha value is -1.40. The highest BCUT2D eigenvalue weighted by atomic mass is 35.5. The molecule has 0 spiro atoms. The number of furan rings is 1. The Balaban J connectivity index is 1.46. The number of rotatable bonds is 3. The Bertz CT molecular complexity index is 766. The highest BCUT2D eigenvalue weighted by Gasteiger charge is 2.38. The second-order valence-electron chi connectivity index (χ2n) is 7.17. The van der Waals surface area contributed by atoms with E-state index < -0.39 is 5.82 Å². The summed E-state index contributed by atoms with van der Waals surface area (Å²) in [4.78, 5) is 4.79. The van der Waals surface area contributed by atoms with Crippen molar-refractivity contribution in [1.82, 2.24) is 9.80 Å². The topological polar surface area (TPSA) is 39.9 Å². The summed E-state index contributed by atoms with van der Waals surface area (Å²) in [6.45, 7) is 5.65. The maximum absolute atomic E-state index is 13.3. The van der Waals surface area contributed by atoms with Crippen molar-refractivity contribution >= 4 is 11.6 Å². The number of halogens is 2. The van der Waals surface area contributed by atoms with E-state index in [1.807, 2.05) is 12.1 Å². The van der Waals surface area contributed by atoms with E-state index in [0.29, 0.717) is 17.8 Å². The Kier molecular flexibility index (Phi) is 4.58. The number of piperazine rings is 1. The first-order chi connectivity index (χ1) is 12.0. The molecule has 0 saturated carbocycles. The van der Waals surface area contributed by atoms with Crippen LogP contribution in [0.15, 0.2) is 34.7 Å². The van der Waals surface area contributed by atoms with Gasteiger partial charge in [0.25, 0.3) is 0 Å². The van der Waals surface area contributed by atoms with Gasteiger partial charge in [-0.3, -0.25) is 9.80 Å². The van der Waals surface area contributed by atoms with Crippen molar-refractivity contribution in [3.8, 4) is 11.3 Å². The zero-order valence-electron chi connectivity index (χ0n) is 14.2. The Labute approximate surface area is 151 Å². The van der Waals surface area contributed by atoms with Gasteiger partial charge in [0, 0.05) is 37.3 Å². The maximum Gasteiger partial charge on any atom is 0.141 e. The van der Waals surface area contributed by atoms with E-state index >= 15 is 0 Å². The fourth-order valence-corrected chi connectivity index (χ4v) is 4.15. The van der Waals surface area contributed by atoms with Gasteiger partial charge in [-0.25, -0.2) is 4.39 Å². The fraction of sp³-hybridized carbons (Fsp3) is 0.474. The molecule has 0 unspecified atom stereocenters. The first-order valence-electron chi connectivity index (χ1n) is 8.70. The minimum absolute atomic E-state index is 0.0972. The van der Waals surface area contributed by atoms with Gasteiger partial charge in [0.15, 0.2) is 0 Å². The highest BCUT2D eigenvalue weighted by Crippen LogP contribution is 2.29. The lowest BCUT2D eigenvalue weighted by atomic mass is 10.1. The molecule has 2 aliphatic heterocycles. The van der Waals surface area contributed by atoms with E-state index in [9.17, 15) is 9.50 Å². The largest absolute Gasteiger partial charge is 0.460 e. The monoisotopic (exact) mass is 364 g/mol. The van der Waals surface area contributed by atoms with Gasteiger partial charge in [-0.1, -0.05) is 11.6 Å². The molecular formula is C19H22ClFN2O2. The summed E-state index contributed by atoms with van der Waals surface area (Å²) in [5.41, 5.74) is 0.773. The summed E-state index contributed by atoms with van der Waals surface area (Å²) in [5.74, 6) is 1.15. The minimum Gasteiger partial charge on any atom is -0.460 e. The van der Waals surface area contributed by atoms with Crippen LogP contribution in [0.2, 0.25) is 5.02 Å². The number of hydrogen-bond donors (Lipinski definition) is 1. The summed E-state index contributed by atoms with van der Waals surface area (Å²) in [7, 11) is 0. The van der Waals surface area contributed by atoms with E-state index in [4.69, 9.17) is 16.0 Å². The second-order valence-corrected chi connectivity index (χ2v) is 7.58. The molecule has 0 radical (unpaired) electrons. The lowest BCUT2D eigenvalue weighted by Crippen LogP contribution is -2.54. The van der Waals surface area contributed by atoms with Crippen LogP contribution >= 0.6 is 11.6 Å². The van der Waals surface area contributed by atoms with Crippen LogP contribution in [0.4, 0.5) is 4.39 Å². The molecule has 3 atom stereocenters. The third kappa shape index (κ3) is 3.47. The number of benzene rings is 1. The van der Waals surface area contributed by atoms with Crippen molar-refractivity contribution in [1.29, 1.82) is 0 Å². The van der Waals surface area contributed by atoms with Crippen molar-refractivity contribution < 1.29 is 13.9 Å². The molecule has 2 fully saturated rings. The molecular weight excluding hydrogens is 343 g/mol. The van der Waals surface area contributed by atoms with Crippen molar-refractivity contribution in [2.24, 2.45) is 0 Å². The quantitative estimate of drug-likeness (QED) is 0.906. The van der Waals surface area contributed by atoms with Crippen LogP contribution in [-0.4, -0.2) is 52.7 Å². The lowest BCUT2D eigenvalue weighted by Gasteiger charge is -2.41. The number of aliphatic hydroxyl groups is 1. The van der Waals surface area contributed by atoms with Gasteiger partial charge < -0.3 is 9.52 Å². The number of fused-ring (bicyclic) bond motifs is 1. The molecule has 2 aliphatic rings. The lowest BCUT2D eigenvalue weighted by molar-refractivity contribution is 0.0485. The molecule has 2 aromatic rings. The zero-order chi connectivity index (χ0) is 17.6. The van der Waals surface area contributed by atoms with Gasteiger partial charge in [-0.05, 0) is 43.7 Å². The van der Waals surface area contributed by atoms with Crippen molar-refractivity contribution in [2.45, 2.75) is 38.1 Å². The fourth-order valence-electron chi connectivity index (χ4n) is 3.96. The first-order valence-corrected chi connectivity index (χ1v) is 9.07. The molecule has 6 heteroatoms. The third-order valence-electron chi connectivity index (χ3n) is 5.30. The highest BCUT2D eigenvalue weighted by molar-refractivity contribution is 6.31. The molecule has 1 aromatic carbocycles. The van der Waals surface area contributed by atoms with E-state index in [2.05, 4.69) is 16.7 Å². The molecule has 1 N–H and O–H groups in total. The summed E-state index contributed by atoms with van der Waals surface area (Å²) in [6.07, 6.45) is 0.649. The smallest absolute Gasteiger partial charge is 0.141 e. The summed E-state index contributed by atoms with van der Waals surface area (Å²) >= 11 is 5.86. The average Bonchev–Trinajstić information content (AvgIpc) is 3.16. The van der Waals surface area contributed by atoms with Gasteiger partial charge in [-0.2, -0.15) is 0 Å². The predicted molar refractivity (Wildman–Crippen MR) is 95.0 cm³/mol. The van der Waals surface area contributed by atoms with Crippen LogP contribution < -0.4 is 0 Å². The molecule has 4 nitrogen and oxygen atoms in total. The van der Waals surface area contributed by atoms with Crippen molar-refractivity contribution in [3.05, 3.63) is 46.9 Å². The van der Waals surface area contributed by atoms with Gasteiger partial charge >= 0.3 is 0 Å². The van der Waals surface area contributed by atoms with Crippen LogP contribution in [-0.2, 0) is 6.54 Å². The first kappa shape index (κ1) is 17.0. The molecule has 4 rings (SSSR count). The minimum atomic E-state index is -0.428. The molecule has 0 amide bonds. The Morgan fingerprint density at radius 1 is 1.24 bits per heavy atom. The molecule has 3 heterocycles. The molecule has 0 aliphatic carbocycles. The third-order valence-corrected chi connectivity index (χ3v) is 5.59. The maximum atomic E-state index is 13.3. The molecule has 0 bridgehead atoms. The van der Waals surface area contributed by atoms with Crippen LogP contribution in [0, 0.1) is 5.82 Å². The van der Waals surface area contributed by atoms with Gasteiger partial charge in [0.1, 0.15) is 17.3 Å². The molecule has 25 heavy (non-hydrogen) atoms. The van der Waals surface area contributed by atoms with E-state index in [-0.39, 0.29) is 11.1 Å². The van der Waals surface area contributed by atoms with E-state index in [1.165, 1.54) is 6.07 Å². The number of hydrogen-bond acceptors (Lipinski definition) is 4. The summed E-state index contributed by atoms with van der Waals surface area (Å²) < 4.78 is 19.3. The summed E-state index contributed by atoms with van der Waals surface area (Å²) in [6, 6.07) is 9.32. The van der Waals surface area contributed by atoms with Crippen LogP contribution in [0.5, 0.6) is 0 Å². The van der Waals surface area contributed by atoms with Crippen molar-refractivity contribution in [2.75, 3.05) is 19.6 Å². The normalized spacial score (nSPS) is 27.6. The molecule has 2 saturated heterocycles. The standard InChI is InChI=1S/C19H22ClFN2O2/c1-12-8-23-10-15(24)7-14(23)9-22(12)11-16-3-5-19(25-16)13-2-4-18(21)17(20)6-13/h2-6,12,14-15,24H,7-11H2,1H3/t12-,14+,15-/m1/s1. The van der Waals surface area contributed by atoms with Crippen LogP contribution in [0.1, 0.15) is 19.1 Å². The Morgan fingerprint density at radius 2 is 2.08 bits per heavy atom. The Morgan fingerprint density at radius 3 is 2.88 bits per heavy atom. The van der Waals surface area contributed by atoms with E-state index in [1.54, 1.807) is 12.1 Å². The molecule has 1 aromatic heterocycles. The second kappa shape index (κ2) is 6.72. The van der Waals surface area contributed by atoms with Crippen LogP contribution in [0.25, 0.3) is 11.3 Å². The zero-order valence-corrected chi connectivity index (χ0v) is 14.9. The van der Waals surface area contributed by atoms with Gasteiger partial charge in [0.2, 0.25) is 0 Å². The number of aliphatic hydroxyl groups excluding tert-OH is 1. The average molecular weight is 365 g/mol. The molecule has 134 valence electrons. The predicted octanol–water partition coefficient (Wildman–Crippen LogP) is 3.38. The van der Waals surface area contributed by atoms with Crippen LogP contribution in [0.3, 0.4) is 0 Å². The summed E-state index contributed by atoms with van der Waals surface area (Å²) in [5, 5.41) is 9.97.